The molecule has 1 aromatic heterocycles. The van der Waals surface area contributed by atoms with E-state index >= 15 is 0 Å². The third-order valence-electron chi connectivity index (χ3n) is 3.27. The highest BCUT2D eigenvalue weighted by Gasteiger charge is 2.05. The molecule has 0 aliphatic carbocycles. The number of aryl methyl sites for hydroxylation is 2. The van der Waals surface area contributed by atoms with Crippen molar-refractivity contribution in [2.45, 2.75) is 59.8 Å². The zero-order valence-corrected chi connectivity index (χ0v) is 13.3. The minimum atomic E-state index is 0.475. The normalized spacial score (nSPS) is 11.1. The van der Waals surface area contributed by atoms with Crippen LogP contribution in [-0.4, -0.2) is 16.5 Å². The molecule has 19 heavy (non-hydrogen) atoms. The van der Waals surface area contributed by atoms with Crippen molar-refractivity contribution in [3.8, 4) is 0 Å². The predicted octanol–water partition coefficient (Wildman–Crippen LogP) is 4.77. The minimum Gasteiger partial charge on any atom is -0.368 e. The van der Waals surface area contributed by atoms with E-state index in [0.717, 1.165) is 30.3 Å². The lowest BCUT2D eigenvalue weighted by atomic mass is 10.0. The van der Waals surface area contributed by atoms with Gasteiger partial charge in [-0.1, -0.05) is 51.1 Å². The highest BCUT2D eigenvalue weighted by atomic mass is 35.5. The molecule has 1 aromatic rings. The van der Waals surface area contributed by atoms with Gasteiger partial charge in [0.1, 0.15) is 0 Å². The highest BCUT2D eigenvalue weighted by molar-refractivity contribution is 6.31. The third-order valence-corrected chi connectivity index (χ3v) is 3.53. The molecule has 0 saturated carbocycles. The van der Waals surface area contributed by atoms with Crippen LogP contribution in [-0.2, 0) is 0 Å². The molecule has 1 rings (SSSR count). The summed E-state index contributed by atoms with van der Waals surface area (Å²) in [5.74, 6) is 1.54. The van der Waals surface area contributed by atoms with Crippen LogP contribution >= 0.6 is 11.6 Å². The van der Waals surface area contributed by atoms with Gasteiger partial charge in [-0.05, 0) is 26.2 Å². The molecule has 0 radical (unpaired) electrons. The largest absolute Gasteiger partial charge is 0.368 e. The molecular formula is C15H26ClN3. The van der Waals surface area contributed by atoms with E-state index in [1.165, 1.54) is 25.7 Å². The van der Waals surface area contributed by atoms with Crippen molar-refractivity contribution in [2.24, 2.45) is 5.92 Å². The summed E-state index contributed by atoms with van der Waals surface area (Å²) in [5, 5.41) is 3.75. The van der Waals surface area contributed by atoms with Crippen LogP contribution < -0.4 is 5.32 Å². The lowest BCUT2D eigenvalue weighted by Gasteiger charge is -2.09. The molecule has 0 atom stereocenters. The summed E-state index contributed by atoms with van der Waals surface area (Å²) < 4.78 is 0. The Kier molecular flexibility index (Phi) is 7.14. The Labute approximate surface area is 122 Å². The van der Waals surface area contributed by atoms with Gasteiger partial charge in [0, 0.05) is 6.54 Å². The van der Waals surface area contributed by atoms with Crippen LogP contribution in [0.1, 0.15) is 57.3 Å². The van der Waals surface area contributed by atoms with Gasteiger partial charge in [0.15, 0.2) is 11.0 Å². The maximum atomic E-state index is 6.06. The molecular weight excluding hydrogens is 258 g/mol. The fourth-order valence-electron chi connectivity index (χ4n) is 1.93. The molecule has 0 bridgehead atoms. The number of rotatable bonds is 8. The average Bonchev–Trinajstić information content (AvgIpc) is 2.33. The monoisotopic (exact) mass is 283 g/mol. The highest BCUT2D eigenvalue weighted by Crippen LogP contribution is 2.18. The molecule has 0 amide bonds. The molecule has 0 unspecified atom stereocenters. The molecule has 1 N–H and O–H groups in total. The molecule has 0 fully saturated rings. The molecule has 4 heteroatoms. The van der Waals surface area contributed by atoms with Crippen molar-refractivity contribution in [2.75, 3.05) is 11.9 Å². The molecule has 1 heterocycles. The van der Waals surface area contributed by atoms with Gasteiger partial charge in [0.25, 0.3) is 0 Å². The van der Waals surface area contributed by atoms with Crippen LogP contribution in [0.3, 0.4) is 0 Å². The standard InChI is InChI=1S/C15H26ClN3/c1-11(2)9-7-5-6-8-10-17-15-14(16)18-12(3)13(4)19-15/h11H,5-10H2,1-4H3,(H,17,19). The van der Waals surface area contributed by atoms with E-state index in [0.29, 0.717) is 11.0 Å². The van der Waals surface area contributed by atoms with Crippen molar-refractivity contribution in [3.63, 3.8) is 0 Å². The molecule has 0 aromatic carbocycles. The van der Waals surface area contributed by atoms with Crippen LogP contribution in [0.4, 0.5) is 5.82 Å². The number of aromatic nitrogens is 2. The van der Waals surface area contributed by atoms with Crippen molar-refractivity contribution in [3.05, 3.63) is 16.5 Å². The van der Waals surface area contributed by atoms with Crippen LogP contribution in [0.2, 0.25) is 5.15 Å². The van der Waals surface area contributed by atoms with Gasteiger partial charge >= 0.3 is 0 Å². The second-order valence-corrected chi connectivity index (χ2v) is 5.92. The van der Waals surface area contributed by atoms with E-state index in [1.807, 2.05) is 13.8 Å². The van der Waals surface area contributed by atoms with E-state index in [9.17, 15) is 0 Å². The van der Waals surface area contributed by atoms with Crippen molar-refractivity contribution in [1.29, 1.82) is 0 Å². The fraction of sp³-hybridized carbons (Fsp3) is 0.733. The molecule has 0 spiro atoms. The molecule has 0 aliphatic heterocycles. The van der Waals surface area contributed by atoms with E-state index in [-0.39, 0.29) is 0 Å². The third kappa shape index (κ3) is 6.24. The van der Waals surface area contributed by atoms with Gasteiger partial charge in [0.05, 0.1) is 11.4 Å². The Bertz CT molecular complexity index is 391. The van der Waals surface area contributed by atoms with Crippen LogP contribution in [0.5, 0.6) is 0 Å². The molecule has 3 nitrogen and oxygen atoms in total. The summed E-state index contributed by atoms with van der Waals surface area (Å²) in [6.07, 6.45) is 6.40. The SMILES string of the molecule is Cc1nc(Cl)c(NCCCCCCC(C)C)nc1C. The lowest BCUT2D eigenvalue weighted by molar-refractivity contribution is 0.523. The first-order valence-electron chi connectivity index (χ1n) is 7.25. The Balaban J connectivity index is 2.21. The van der Waals surface area contributed by atoms with Crippen molar-refractivity contribution in [1.82, 2.24) is 9.97 Å². The van der Waals surface area contributed by atoms with Gasteiger partial charge in [-0.2, -0.15) is 0 Å². The van der Waals surface area contributed by atoms with Gasteiger partial charge in [-0.25, -0.2) is 9.97 Å². The maximum Gasteiger partial charge on any atom is 0.171 e. The maximum absolute atomic E-state index is 6.06. The predicted molar refractivity (Wildman–Crippen MR) is 82.9 cm³/mol. The lowest BCUT2D eigenvalue weighted by Crippen LogP contribution is -2.06. The quantitative estimate of drug-likeness (QED) is 0.699. The van der Waals surface area contributed by atoms with Gasteiger partial charge in [-0.3, -0.25) is 0 Å². The minimum absolute atomic E-state index is 0.475. The smallest absolute Gasteiger partial charge is 0.171 e. The number of nitrogens with one attached hydrogen (secondary N) is 1. The average molecular weight is 284 g/mol. The zero-order chi connectivity index (χ0) is 14.3. The Morgan fingerprint density at radius 2 is 1.63 bits per heavy atom. The summed E-state index contributed by atoms with van der Waals surface area (Å²) in [7, 11) is 0. The summed E-state index contributed by atoms with van der Waals surface area (Å²) in [6, 6.07) is 0. The van der Waals surface area contributed by atoms with Crippen molar-refractivity contribution >= 4 is 17.4 Å². The number of hydrogen-bond acceptors (Lipinski definition) is 3. The van der Waals surface area contributed by atoms with E-state index in [2.05, 4.69) is 29.1 Å². The molecule has 0 aliphatic rings. The first-order chi connectivity index (χ1) is 9.00. The second-order valence-electron chi connectivity index (χ2n) is 5.56. The van der Waals surface area contributed by atoms with Crippen LogP contribution in [0.15, 0.2) is 0 Å². The van der Waals surface area contributed by atoms with Gasteiger partial charge in [0.2, 0.25) is 0 Å². The first kappa shape index (κ1) is 16.2. The second kappa shape index (κ2) is 8.36. The Morgan fingerprint density at radius 3 is 2.32 bits per heavy atom. The molecule has 108 valence electrons. The van der Waals surface area contributed by atoms with Crippen LogP contribution in [0, 0.1) is 19.8 Å². The summed E-state index contributed by atoms with van der Waals surface area (Å²) in [6.45, 7) is 9.35. The molecule has 0 saturated heterocycles. The number of halogens is 1. The number of anilines is 1. The summed E-state index contributed by atoms with van der Waals surface area (Å²) in [4.78, 5) is 8.69. The zero-order valence-electron chi connectivity index (χ0n) is 12.6. The van der Waals surface area contributed by atoms with Crippen molar-refractivity contribution < 1.29 is 0 Å². The van der Waals surface area contributed by atoms with Gasteiger partial charge in [-0.15, -0.1) is 0 Å². The summed E-state index contributed by atoms with van der Waals surface area (Å²) in [5.41, 5.74) is 1.83. The van der Waals surface area contributed by atoms with E-state index < -0.39 is 0 Å². The number of hydrogen-bond donors (Lipinski definition) is 1. The van der Waals surface area contributed by atoms with E-state index in [1.54, 1.807) is 0 Å². The van der Waals surface area contributed by atoms with E-state index in [4.69, 9.17) is 11.6 Å². The summed E-state index contributed by atoms with van der Waals surface area (Å²) >= 11 is 6.06. The topological polar surface area (TPSA) is 37.8 Å². The Morgan fingerprint density at radius 1 is 1.00 bits per heavy atom. The number of nitrogens with zero attached hydrogens (tertiary/aromatic N) is 2. The fourth-order valence-corrected chi connectivity index (χ4v) is 2.16. The number of unbranched alkanes of at least 4 members (excludes halogenated alkanes) is 3. The van der Waals surface area contributed by atoms with Gasteiger partial charge < -0.3 is 5.32 Å². The first-order valence-corrected chi connectivity index (χ1v) is 7.63. The van der Waals surface area contributed by atoms with Crippen LogP contribution in [0.25, 0.3) is 0 Å². The Hall–Kier alpha value is -0.830.